The van der Waals surface area contributed by atoms with Crippen LogP contribution in [0.25, 0.3) is 0 Å². The molecule has 0 saturated carbocycles. The van der Waals surface area contributed by atoms with Crippen molar-refractivity contribution in [3.8, 4) is 0 Å². The number of halogens is 1. The van der Waals surface area contributed by atoms with Crippen molar-refractivity contribution in [3.05, 3.63) is 33.8 Å². The first-order valence-corrected chi connectivity index (χ1v) is 4.74. The topological polar surface area (TPSA) is 17.1 Å². The first-order valence-electron chi connectivity index (χ1n) is 4.36. The van der Waals surface area contributed by atoms with E-state index in [0.29, 0.717) is 6.42 Å². The largest absolute Gasteiger partial charge is 0.294 e. The van der Waals surface area contributed by atoms with Crippen LogP contribution < -0.4 is 0 Å². The zero-order valence-corrected chi connectivity index (χ0v) is 8.90. The molecule has 1 nitrogen and oxygen atoms in total. The molecule has 0 N–H and O–H groups in total. The molecule has 1 rings (SSSR count). The van der Waals surface area contributed by atoms with Gasteiger partial charge in [-0.1, -0.05) is 18.5 Å². The first kappa shape index (κ1) is 10.3. The van der Waals surface area contributed by atoms with Crippen molar-refractivity contribution in [2.45, 2.75) is 27.2 Å². The van der Waals surface area contributed by atoms with Gasteiger partial charge in [-0.05, 0) is 37.1 Å². The molecule has 1 aromatic rings. The molecule has 1 aromatic carbocycles. The van der Waals surface area contributed by atoms with E-state index in [1.807, 2.05) is 20.8 Å². The lowest BCUT2D eigenvalue weighted by atomic mass is 9.99. The van der Waals surface area contributed by atoms with Gasteiger partial charge in [0, 0.05) is 17.0 Å². The Bertz CT molecular complexity index is 342. The van der Waals surface area contributed by atoms with E-state index < -0.39 is 0 Å². The average Bonchev–Trinajstić information content (AvgIpc) is 2.13. The molecule has 0 bridgehead atoms. The molecule has 0 heterocycles. The van der Waals surface area contributed by atoms with Gasteiger partial charge in [-0.15, -0.1) is 0 Å². The minimum atomic E-state index is 0.178. The van der Waals surface area contributed by atoms with Crippen molar-refractivity contribution in [1.82, 2.24) is 0 Å². The van der Waals surface area contributed by atoms with Gasteiger partial charge in [0.1, 0.15) is 0 Å². The smallest absolute Gasteiger partial charge is 0.162 e. The molecule has 2 heteroatoms. The SMILES string of the molecule is CCC(=O)c1ccc(Cl)c(C)c1C. The van der Waals surface area contributed by atoms with Crippen LogP contribution >= 0.6 is 11.6 Å². The first-order chi connectivity index (χ1) is 6.07. The van der Waals surface area contributed by atoms with Gasteiger partial charge in [-0.3, -0.25) is 4.79 Å². The molecule has 0 unspecified atom stereocenters. The fraction of sp³-hybridized carbons (Fsp3) is 0.364. The zero-order valence-electron chi connectivity index (χ0n) is 8.15. The summed E-state index contributed by atoms with van der Waals surface area (Å²) < 4.78 is 0. The molecule has 0 aromatic heterocycles. The van der Waals surface area contributed by atoms with Crippen molar-refractivity contribution < 1.29 is 4.79 Å². The summed E-state index contributed by atoms with van der Waals surface area (Å²) >= 11 is 5.92. The third-order valence-corrected chi connectivity index (χ3v) is 2.75. The summed E-state index contributed by atoms with van der Waals surface area (Å²) in [5.74, 6) is 0.178. The lowest BCUT2D eigenvalue weighted by molar-refractivity contribution is 0.0987. The second kappa shape index (κ2) is 3.93. The maximum absolute atomic E-state index is 11.5. The molecule has 0 atom stereocenters. The van der Waals surface area contributed by atoms with Gasteiger partial charge in [-0.2, -0.15) is 0 Å². The fourth-order valence-corrected chi connectivity index (χ4v) is 1.48. The Morgan fingerprint density at radius 3 is 2.46 bits per heavy atom. The second-order valence-electron chi connectivity index (χ2n) is 3.12. The Labute approximate surface area is 83.7 Å². The van der Waals surface area contributed by atoms with Crippen LogP contribution in [-0.4, -0.2) is 5.78 Å². The molecule has 0 aliphatic carbocycles. The van der Waals surface area contributed by atoms with Crippen LogP contribution in [0.1, 0.15) is 34.8 Å². The number of carbonyl (C=O) groups excluding carboxylic acids is 1. The molecule has 0 fully saturated rings. The number of rotatable bonds is 2. The molecule has 0 amide bonds. The van der Waals surface area contributed by atoms with Crippen molar-refractivity contribution in [2.24, 2.45) is 0 Å². The summed E-state index contributed by atoms with van der Waals surface area (Å²) in [4.78, 5) is 11.5. The lowest BCUT2D eigenvalue weighted by Gasteiger charge is -2.07. The number of benzene rings is 1. The highest BCUT2D eigenvalue weighted by atomic mass is 35.5. The molecule has 0 saturated heterocycles. The van der Waals surface area contributed by atoms with E-state index in [-0.39, 0.29) is 5.78 Å². The number of ketones is 1. The van der Waals surface area contributed by atoms with Crippen LogP contribution in [0, 0.1) is 13.8 Å². The Kier molecular flexibility index (Phi) is 3.10. The van der Waals surface area contributed by atoms with Gasteiger partial charge in [0.15, 0.2) is 5.78 Å². The van der Waals surface area contributed by atoms with E-state index in [2.05, 4.69) is 0 Å². The van der Waals surface area contributed by atoms with Crippen LogP contribution in [-0.2, 0) is 0 Å². The van der Waals surface area contributed by atoms with Crippen molar-refractivity contribution in [2.75, 3.05) is 0 Å². The van der Waals surface area contributed by atoms with Crippen LogP contribution in [0.4, 0.5) is 0 Å². The predicted octanol–water partition coefficient (Wildman–Crippen LogP) is 3.55. The molecule has 0 spiro atoms. The summed E-state index contributed by atoms with van der Waals surface area (Å²) in [6.07, 6.45) is 0.544. The van der Waals surface area contributed by atoms with Gasteiger partial charge >= 0.3 is 0 Å². The third-order valence-electron chi connectivity index (χ3n) is 2.34. The van der Waals surface area contributed by atoms with Crippen LogP contribution in [0.5, 0.6) is 0 Å². The Morgan fingerprint density at radius 2 is 1.92 bits per heavy atom. The van der Waals surface area contributed by atoms with Gasteiger partial charge in [0.2, 0.25) is 0 Å². The van der Waals surface area contributed by atoms with E-state index in [4.69, 9.17) is 11.6 Å². The fourth-order valence-electron chi connectivity index (χ4n) is 1.28. The summed E-state index contributed by atoms with van der Waals surface area (Å²) in [6.45, 7) is 5.74. The van der Waals surface area contributed by atoms with Gasteiger partial charge in [0.05, 0.1) is 0 Å². The van der Waals surface area contributed by atoms with Crippen LogP contribution in [0.2, 0.25) is 5.02 Å². The van der Waals surface area contributed by atoms with E-state index in [0.717, 1.165) is 21.7 Å². The van der Waals surface area contributed by atoms with Crippen molar-refractivity contribution >= 4 is 17.4 Å². The number of carbonyl (C=O) groups is 1. The van der Waals surface area contributed by atoms with Crippen LogP contribution in [0.3, 0.4) is 0 Å². The second-order valence-corrected chi connectivity index (χ2v) is 3.53. The van der Waals surface area contributed by atoms with E-state index >= 15 is 0 Å². The third kappa shape index (κ3) is 1.92. The van der Waals surface area contributed by atoms with Crippen molar-refractivity contribution in [1.29, 1.82) is 0 Å². The van der Waals surface area contributed by atoms with Gasteiger partial charge < -0.3 is 0 Å². The molecule has 0 aliphatic heterocycles. The van der Waals surface area contributed by atoms with Gasteiger partial charge in [0.25, 0.3) is 0 Å². The normalized spacial score (nSPS) is 10.2. The standard InChI is InChI=1S/C11H13ClO/c1-4-11(13)9-5-6-10(12)8(3)7(9)2/h5-6H,4H2,1-3H3. The Balaban J connectivity index is 3.26. The molecule has 13 heavy (non-hydrogen) atoms. The summed E-state index contributed by atoms with van der Waals surface area (Å²) in [6, 6.07) is 3.59. The molecular weight excluding hydrogens is 184 g/mol. The maximum Gasteiger partial charge on any atom is 0.162 e. The van der Waals surface area contributed by atoms with E-state index in [1.54, 1.807) is 12.1 Å². The van der Waals surface area contributed by atoms with Crippen molar-refractivity contribution in [3.63, 3.8) is 0 Å². The minimum Gasteiger partial charge on any atom is -0.294 e. The highest BCUT2D eigenvalue weighted by Gasteiger charge is 2.09. The molecule has 0 radical (unpaired) electrons. The highest BCUT2D eigenvalue weighted by molar-refractivity contribution is 6.31. The average molecular weight is 197 g/mol. The Hall–Kier alpha value is -0.820. The lowest BCUT2D eigenvalue weighted by Crippen LogP contribution is -2.01. The van der Waals surface area contributed by atoms with Crippen LogP contribution in [0.15, 0.2) is 12.1 Å². The van der Waals surface area contributed by atoms with E-state index in [1.165, 1.54) is 0 Å². The Morgan fingerprint density at radius 1 is 1.31 bits per heavy atom. The molecule has 0 aliphatic rings. The predicted molar refractivity (Wildman–Crippen MR) is 55.5 cm³/mol. The number of hydrogen-bond acceptors (Lipinski definition) is 1. The quantitative estimate of drug-likeness (QED) is 0.662. The summed E-state index contributed by atoms with van der Waals surface area (Å²) in [7, 11) is 0. The minimum absolute atomic E-state index is 0.178. The monoisotopic (exact) mass is 196 g/mol. The zero-order chi connectivity index (χ0) is 10.0. The summed E-state index contributed by atoms with van der Waals surface area (Å²) in [5, 5.41) is 0.727. The maximum atomic E-state index is 11.5. The highest BCUT2D eigenvalue weighted by Crippen LogP contribution is 2.22. The van der Waals surface area contributed by atoms with Gasteiger partial charge in [-0.25, -0.2) is 0 Å². The molecular formula is C11H13ClO. The molecule has 70 valence electrons. The summed E-state index contributed by atoms with van der Waals surface area (Å²) in [5.41, 5.74) is 2.80. The number of Topliss-reactive ketones (excluding diaryl/α,β-unsaturated/α-hetero) is 1. The van der Waals surface area contributed by atoms with E-state index in [9.17, 15) is 4.79 Å². The number of hydrogen-bond donors (Lipinski definition) is 0.